The van der Waals surface area contributed by atoms with Gasteiger partial charge < -0.3 is 14.5 Å². The summed E-state index contributed by atoms with van der Waals surface area (Å²) < 4.78 is 12.5. The Morgan fingerprint density at radius 2 is 2.12 bits per heavy atom. The third kappa shape index (κ3) is 4.32. The van der Waals surface area contributed by atoms with E-state index in [1.165, 1.54) is 16.0 Å². The van der Waals surface area contributed by atoms with Crippen LogP contribution in [0.1, 0.15) is 34.9 Å². The number of thiophene rings is 1. The van der Waals surface area contributed by atoms with Crippen LogP contribution >= 0.6 is 27.3 Å². The molecule has 2 aromatic heterocycles. The largest absolute Gasteiger partial charge is 0.493 e. The number of rotatable bonds is 5. The molecule has 4 aromatic rings. The fourth-order valence-electron chi connectivity index (χ4n) is 4.44. The first-order valence-electron chi connectivity index (χ1n) is 11.0. The first-order valence-corrected chi connectivity index (χ1v) is 12.6. The second-order valence-corrected chi connectivity index (χ2v) is 10.7. The molecular weight excluding hydrogens is 500 g/mol. The molecular formula is C26H25BrN2O3S. The highest BCUT2D eigenvalue weighted by Gasteiger charge is 2.23. The highest BCUT2D eigenvalue weighted by Crippen LogP contribution is 2.40. The van der Waals surface area contributed by atoms with Crippen LogP contribution in [0.2, 0.25) is 0 Å². The van der Waals surface area contributed by atoms with E-state index < -0.39 is 0 Å². The summed E-state index contributed by atoms with van der Waals surface area (Å²) in [7, 11) is 1.61. The monoisotopic (exact) mass is 524 g/mol. The van der Waals surface area contributed by atoms with E-state index in [2.05, 4.69) is 46.9 Å². The third-order valence-electron chi connectivity index (χ3n) is 6.13. The van der Waals surface area contributed by atoms with Crippen molar-refractivity contribution in [3.8, 4) is 22.9 Å². The smallest absolute Gasteiger partial charge is 0.260 e. The van der Waals surface area contributed by atoms with Gasteiger partial charge in [-0.1, -0.05) is 36.8 Å². The molecule has 1 unspecified atom stereocenters. The molecule has 1 aliphatic carbocycles. The Morgan fingerprint density at radius 1 is 1.27 bits per heavy atom. The maximum absolute atomic E-state index is 13.0. The number of benzene rings is 2. The minimum atomic E-state index is -0.0723. The third-order valence-corrected chi connectivity index (χ3v) is 7.87. The van der Waals surface area contributed by atoms with Crippen LogP contribution in [0, 0.1) is 12.8 Å². The number of ether oxygens (including phenoxy) is 2. The molecule has 0 aliphatic heterocycles. The van der Waals surface area contributed by atoms with Gasteiger partial charge in [-0.3, -0.25) is 4.79 Å². The first kappa shape index (κ1) is 22.2. The maximum Gasteiger partial charge on any atom is 0.260 e. The lowest BCUT2D eigenvalue weighted by atomic mass is 9.89. The van der Waals surface area contributed by atoms with Crippen molar-refractivity contribution in [1.82, 2.24) is 9.97 Å². The van der Waals surface area contributed by atoms with Crippen molar-refractivity contribution in [3.05, 3.63) is 72.8 Å². The SMILES string of the molecule is COc1cc(-c2nc3sc4c(c3c(=O)[nH]2)CCC(C)C4)cc(Br)c1OCc1cccc(C)c1. The first-order chi connectivity index (χ1) is 15.9. The number of aromatic amines is 1. The number of hydrogen-bond donors (Lipinski definition) is 1. The van der Waals surface area contributed by atoms with Gasteiger partial charge in [0.05, 0.1) is 17.0 Å². The molecule has 7 heteroatoms. The second kappa shape index (κ2) is 8.95. The topological polar surface area (TPSA) is 64.2 Å². The van der Waals surface area contributed by atoms with Gasteiger partial charge in [0.25, 0.3) is 5.56 Å². The standard InChI is InChI=1S/C26H25BrN2O3S/c1-14-5-4-6-16(9-14)13-32-23-19(27)11-17(12-20(23)31-3)24-28-25(30)22-18-8-7-15(2)10-21(18)33-26(22)29-24/h4-6,9,11-12,15H,7-8,10,13H2,1-3H3,(H,28,29,30). The van der Waals surface area contributed by atoms with Crippen LogP contribution < -0.4 is 15.0 Å². The second-order valence-electron chi connectivity index (χ2n) is 8.71. The van der Waals surface area contributed by atoms with Gasteiger partial charge in [0.1, 0.15) is 17.3 Å². The maximum atomic E-state index is 13.0. The Kier molecular flexibility index (Phi) is 6.01. The van der Waals surface area contributed by atoms with Crippen molar-refractivity contribution in [1.29, 1.82) is 0 Å². The number of fused-ring (bicyclic) bond motifs is 3. The quantitative estimate of drug-likeness (QED) is 0.326. The molecule has 0 saturated heterocycles. The van der Waals surface area contributed by atoms with E-state index in [9.17, 15) is 4.79 Å². The molecule has 0 amide bonds. The van der Waals surface area contributed by atoms with Crippen molar-refractivity contribution in [3.63, 3.8) is 0 Å². The van der Waals surface area contributed by atoms with Crippen LogP contribution in [-0.2, 0) is 19.4 Å². The number of halogens is 1. The zero-order chi connectivity index (χ0) is 23.1. The van der Waals surface area contributed by atoms with E-state index in [4.69, 9.17) is 14.5 Å². The predicted molar refractivity (Wildman–Crippen MR) is 137 cm³/mol. The summed E-state index contributed by atoms with van der Waals surface area (Å²) in [4.78, 5) is 23.0. The molecule has 0 radical (unpaired) electrons. The predicted octanol–water partition coefficient (Wildman–Crippen LogP) is 6.43. The van der Waals surface area contributed by atoms with E-state index in [0.717, 1.165) is 45.1 Å². The van der Waals surface area contributed by atoms with Crippen LogP contribution in [0.3, 0.4) is 0 Å². The Hall–Kier alpha value is -2.64. The average molecular weight is 525 g/mol. The lowest BCUT2D eigenvalue weighted by Gasteiger charge is -2.17. The summed E-state index contributed by atoms with van der Waals surface area (Å²) in [6, 6.07) is 12.0. The molecule has 5 rings (SSSR count). The molecule has 0 saturated carbocycles. The van der Waals surface area contributed by atoms with Gasteiger partial charge in [0, 0.05) is 10.4 Å². The molecule has 33 heavy (non-hydrogen) atoms. The van der Waals surface area contributed by atoms with Crippen molar-refractivity contribution in [2.45, 2.75) is 39.7 Å². The Balaban J connectivity index is 1.50. The molecule has 5 nitrogen and oxygen atoms in total. The summed E-state index contributed by atoms with van der Waals surface area (Å²) in [5.41, 5.74) is 4.15. The number of H-pyrrole nitrogens is 1. The van der Waals surface area contributed by atoms with Crippen molar-refractivity contribution in [2.75, 3.05) is 7.11 Å². The van der Waals surface area contributed by atoms with Crippen LogP contribution in [-0.4, -0.2) is 17.1 Å². The summed E-state index contributed by atoms with van der Waals surface area (Å²) in [5.74, 6) is 2.38. The molecule has 170 valence electrons. The molecule has 0 fully saturated rings. The summed E-state index contributed by atoms with van der Waals surface area (Å²) in [6.07, 6.45) is 3.10. The molecule has 2 heterocycles. The van der Waals surface area contributed by atoms with Crippen LogP contribution in [0.25, 0.3) is 21.6 Å². The van der Waals surface area contributed by atoms with Crippen molar-refractivity contribution < 1.29 is 9.47 Å². The zero-order valence-electron chi connectivity index (χ0n) is 18.8. The van der Waals surface area contributed by atoms with Crippen LogP contribution in [0.15, 0.2) is 45.7 Å². The van der Waals surface area contributed by atoms with E-state index in [1.54, 1.807) is 18.4 Å². The number of methoxy groups -OCH3 is 1. The van der Waals surface area contributed by atoms with Gasteiger partial charge >= 0.3 is 0 Å². The Bertz CT molecular complexity index is 1410. The lowest BCUT2D eigenvalue weighted by Crippen LogP contribution is -2.13. The van der Waals surface area contributed by atoms with E-state index >= 15 is 0 Å². The van der Waals surface area contributed by atoms with Crippen LogP contribution in [0.5, 0.6) is 11.5 Å². The number of aryl methyl sites for hydroxylation is 2. The van der Waals surface area contributed by atoms with Gasteiger partial charge in [-0.05, 0) is 71.3 Å². The molecule has 2 aromatic carbocycles. The average Bonchev–Trinajstić information content (AvgIpc) is 3.15. The normalized spacial score (nSPS) is 15.5. The minimum absolute atomic E-state index is 0.0723. The lowest BCUT2D eigenvalue weighted by molar-refractivity contribution is 0.282. The van der Waals surface area contributed by atoms with Gasteiger partial charge in [0.15, 0.2) is 11.5 Å². The van der Waals surface area contributed by atoms with Crippen molar-refractivity contribution in [2.24, 2.45) is 5.92 Å². The molecule has 1 N–H and O–H groups in total. The van der Waals surface area contributed by atoms with E-state index in [1.807, 2.05) is 24.3 Å². The van der Waals surface area contributed by atoms with E-state index in [-0.39, 0.29) is 5.56 Å². The molecule has 1 aliphatic rings. The summed E-state index contributed by atoms with van der Waals surface area (Å²) in [5, 5.41) is 0.759. The fraction of sp³-hybridized carbons (Fsp3) is 0.308. The highest BCUT2D eigenvalue weighted by atomic mass is 79.9. The number of aromatic nitrogens is 2. The van der Waals surface area contributed by atoms with Gasteiger partial charge in [0.2, 0.25) is 0 Å². The number of hydrogen-bond acceptors (Lipinski definition) is 5. The number of nitrogens with one attached hydrogen (secondary N) is 1. The van der Waals surface area contributed by atoms with E-state index in [0.29, 0.717) is 29.8 Å². The van der Waals surface area contributed by atoms with Gasteiger partial charge in [-0.15, -0.1) is 11.3 Å². The van der Waals surface area contributed by atoms with Crippen LogP contribution in [0.4, 0.5) is 0 Å². The van der Waals surface area contributed by atoms with Gasteiger partial charge in [-0.25, -0.2) is 4.98 Å². The number of nitrogens with zero attached hydrogens (tertiary/aromatic N) is 1. The Morgan fingerprint density at radius 3 is 2.91 bits per heavy atom. The zero-order valence-corrected chi connectivity index (χ0v) is 21.2. The Labute approximate surface area is 204 Å². The molecule has 0 bridgehead atoms. The summed E-state index contributed by atoms with van der Waals surface area (Å²) in [6.45, 7) is 4.75. The summed E-state index contributed by atoms with van der Waals surface area (Å²) >= 11 is 5.28. The molecule has 0 spiro atoms. The van der Waals surface area contributed by atoms with Gasteiger partial charge in [-0.2, -0.15) is 0 Å². The minimum Gasteiger partial charge on any atom is -0.493 e. The molecule has 1 atom stereocenters. The highest BCUT2D eigenvalue weighted by molar-refractivity contribution is 9.10. The fourth-order valence-corrected chi connectivity index (χ4v) is 6.38. The van der Waals surface area contributed by atoms with Crippen molar-refractivity contribution >= 4 is 37.5 Å².